The third kappa shape index (κ3) is 3.36. The minimum atomic E-state index is 0.152. The Morgan fingerprint density at radius 1 is 1.40 bits per heavy atom. The lowest BCUT2D eigenvalue weighted by Gasteiger charge is -2.19. The summed E-state index contributed by atoms with van der Waals surface area (Å²) in [6.07, 6.45) is 5.69. The number of pyridine rings is 1. The van der Waals surface area contributed by atoms with E-state index in [2.05, 4.69) is 39.8 Å². The van der Waals surface area contributed by atoms with Gasteiger partial charge in [-0.1, -0.05) is 6.07 Å². The fourth-order valence-electron chi connectivity index (χ4n) is 2.19. The van der Waals surface area contributed by atoms with Crippen molar-refractivity contribution in [3.63, 3.8) is 0 Å². The highest BCUT2D eigenvalue weighted by Crippen LogP contribution is 2.21. The number of hydrogen-bond donors (Lipinski definition) is 1. The quantitative estimate of drug-likeness (QED) is 0.880. The number of nitrogens with zero attached hydrogens (tertiary/aromatic N) is 3. The Bertz CT molecular complexity index is 538. The Morgan fingerprint density at radius 2 is 2.20 bits per heavy atom. The van der Waals surface area contributed by atoms with E-state index in [0.29, 0.717) is 6.61 Å². The minimum absolute atomic E-state index is 0.152. The summed E-state index contributed by atoms with van der Waals surface area (Å²) in [5.74, 6) is 0.864. The van der Waals surface area contributed by atoms with E-state index in [1.165, 1.54) is 0 Å². The van der Waals surface area contributed by atoms with Crippen LogP contribution in [0, 0.1) is 6.92 Å². The van der Waals surface area contributed by atoms with Crippen LogP contribution in [0.25, 0.3) is 0 Å². The molecule has 1 N–H and O–H groups in total. The molecule has 0 aliphatic carbocycles. The summed E-state index contributed by atoms with van der Waals surface area (Å²) in [4.78, 5) is 8.71. The molecule has 2 unspecified atom stereocenters. The second-order valence-electron chi connectivity index (χ2n) is 5.07. The maximum atomic E-state index is 5.23. The molecule has 0 fully saturated rings. The van der Waals surface area contributed by atoms with Gasteiger partial charge in [0.1, 0.15) is 0 Å². The molecule has 2 rings (SSSR count). The first-order valence-corrected chi connectivity index (χ1v) is 6.82. The zero-order chi connectivity index (χ0) is 14.5. The summed E-state index contributed by atoms with van der Waals surface area (Å²) in [5, 5.41) is 3.44. The molecular weight excluding hydrogens is 252 g/mol. The van der Waals surface area contributed by atoms with Gasteiger partial charge >= 0.3 is 0 Å². The van der Waals surface area contributed by atoms with Gasteiger partial charge in [0.15, 0.2) is 0 Å². The average Bonchev–Trinajstić information content (AvgIpc) is 2.81. The van der Waals surface area contributed by atoms with E-state index in [1.807, 2.05) is 25.4 Å². The molecule has 108 valence electrons. The number of methoxy groups -OCH3 is 1. The van der Waals surface area contributed by atoms with Crippen molar-refractivity contribution in [3.05, 3.63) is 42.0 Å². The average molecular weight is 274 g/mol. The van der Waals surface area contributed by atoms with Crippen LogP contribution in [0.15, 0.2) is 30.7 Å². The van der Waals surface area contributed by atoms with Gasteiger partial charge in [0.25, 0.3) is 0 Å². The number of ether oxygens (including phenoxy) is 1. The van der Waals surface area contributed by atoms with Crippen LogP contribution < -0.4 is 5.32 Å². The highest BCUT2D eigenvalue weighted by Gasteiger charge is 2.14. The zero-order valence-corrected chi connectivity index (χ0v) is 12.5. The first-order chi connectivity index (χ1) is 9.61. The van der Waals surface area contributed by atoms with Gasteiger partial charge in [0.2, 0.25) is 5.95 Å². The third-order valence-corrected chi connectivity index (χ3v) is 3.27. The lowest BCUT2D eigenvalue weighted by atomic mass is 10.1. The van der Waals surface area contributed by atoms with Crippen LogP contribution in [0.5, 0.6) is 0 Å². The number of aromatic nitrogens is 3. The fraction of sp³-hybridized carbons (Fsp3) is 0.467. The largest absolute Gasteiger partial charge is 0.383 e. The van der Waals surface area contributed by atoms with Crippen molar-refractivity contribution in [2.45, 2.75) is 32.9 Å². The molecule has 2 heterocycles. The van der Waals surface area contributed by atoms with E-state index in [1.54, 1.807) is 13.3 Å². The van der Waals surface area contributed by atoms with Crippen molar-refractivity contribution in [1.29, 1.82) is 0 Å². The van der Waals surface area contributed by atoms with Crippen LogP contribution >= 0.6 is 0 Å². The topological polar surface area (TPSA) is 52.0 Å². The highest BCUT2D eigenvalue weighted by atomic mass is 16.5. The van der Waals surface area contributed by atoms with Gasteiger partial charge in [0.05, 0.1) is 24.4 Å². The monoisotopic (exact) mass is 274 g/mol. The van der Waals surface area contributed by atoms with Crippen molar-refractivity contribution in [2.75, 3.05) is 19.0 Å². The van der Waals surface area contributed by atoms with Crippen LogP contribution in [0.4, 0.5) is 5.95 Å². The van der Waals surface area contributed by atoms with Crippen LogP contribution in [-0.2, 0) is 4.74 Å². The predicted octanol–water partition coefficient (Wildman–Crippen LogP) is 2.97. The molecule has 5 heteroatoms. The number of rotatable bonds is 6. The van der Waals surface area contributed by atoms with Crippen LogP contribution in [0.1, 0.15) is 37.2 Å². The first kappa shape index (κ1) is 14.5. The Labute approximate surface area is 120 Å². The first-order valence-electron chi connectivity index (χ1n) is 6.82. The third-order valence-electron chi connectivity index (χ3n) is 3.27. The Hall–Kier alpha value is -1.88. The number of imidazole rings is 1. The number of hydrogen-bond acceptors (Lipinski definition) is 4. The van der Waals surface area contributed by atoms with Crippen molar-refractivity contribution in [1.82, 2.24) is 14.5 Å². The van der Waals surface area contributed by atoms with Gasteiger partial charge in [0, 0.05) is 25.7 Å². The summed E-state index contributed by atoms with van der Waals surface area (Å²) in [6, 6.07) is 4.39. The summed E-state index contributed by atoms with van der Waals surface area (Å²) in [7, 11) is 1.71. The van der Waals surface area contributed by atoms with Crippen LogP contribution in [0.3, 0.4) is 0 Å². The molecule has 0 bridgehead atoms. The highest BCUT2D eigenvalue weighted by molar-refractivity contribution is 5.34. The fourth-order valence-corrected chi connectivity index (χ4v) is 2.19. The molecule has 0 saturated heterocycles. The van der Waals surface area contributed by atoms with Gasteiger partial charge in [-0.2, -0.15) is 0 Å². The van der Waals surface area contributed by atoms with Crippen molar-refractivity contribution in [3.8, 4) is 0 Å². The second-order valence-corrected chi connectivity index (χ2v) is 5.07. The molecule has 2 aromatic rings. The maximum absolute atomic E-state index is 5.23. The summed E-state index contributed by atoms with van der Waals surface area (Å²) in [6.45, 7) is 6.87. The van der Waals surface area contributed by atoms with Crippen molar-refractivity contribution in [2.24, 2.45) is 0 Å². The van der Waals surface area contributed by atoms with Gasteiger partial charge < -0.3 is 14.6 Å². The van der Waals surface area contributed by atoms with Gasteiger partial charge in [-0.3, -0.25) is 4.98 Å². The smallest absolute Gasteiger partial charge is 0.203 e. The normalized spacial score (nSPS) is 14.0. The van der Waals surface area contributed by atoms with Gasteiger partial charge in [-0.05, 0) is 32.4 Å². The molecule has 0 saturated carbocycles. The molecule has 0 radical (unpaired) electrons. The van der Waals surface area contributed by atoms with Crippen molar-refractivity contribution >= 4 is 5.95 Å². The van der Waals surface area contributed by atoms with Gasteiger partial charge in [-0.15, -0.1) is 0 Å². The van der Waals surface area contributed by atoms with Crippen molar-refractivity contribution < 1.29 is 4.74 Å². The lowest BCUT2D eigenvalue weighted by molar-refractivity contribution is 0.163. The van der Waals surface area contributed by atoms with Crippen LogP contribution in [0.2, 0.25) is 0 Å². The molecule has 20 heavy (non-hydrogen) atoms. The zero-order valence-electron chi connectivity index (χ0n) is 12.5. The van der Waals surface area contributed by atoms with Gasteiger partial charge in [-0.25, -0.2) is 4.98 Å². The van der Waals surface area contributed by atoms with E-state index < -0.39 is 0 Å². The standard InChI is InChI=1S/C15H22N4O/c1-11-9-19(12(2)10-20-4)15(17-11)18-13(3)14-6-5-7-16-8-14/h5-9,12-13H,10H2,1-4H3,(H,17,18). The van der Waals surface area contributed by atoms with E-state index in [9.17, 15) is 0 Å². The summed E-state index contributed by atoms with van der Waals surface area (Å²) >= 11 is 0. The predicted molar refractivity (Wildman–Crippen MR) is 79.8 cm³/mol. The Kier molecular flexibility index (Phi) is 4.74. The van der Waals surface area contributed by atoms with E-state index in [-0.39, 0.29) is 12.1 Å². The Balaban J connectivity index is 2.17. The second kappa shape index (κ2) is 6.52. The molecular formula is C15H22N4O. The van der Waals surface area contributed by atoms with E-state index >= 15 is 0 Å². The van der Waals surface area contributed by atoms with E-state index in [4.69, 9.17) is 4.74 Å². The molecule has 0 aliphatic rings. The number of nitrogens with one attached hydrogen (secondary N) is 1. The summed E-state index contributed by atoms with van der Waals surface area (Å²) < 4.78 is 7.34. The minimum Gasteiger partial charge on any atom is -0.383 e. The SMILES string of the molecule is COCC(C)n1cc(C)nc1NC(C)c1cccnc1. The van der Waals surface area contributed by atoms with Crippen LogP contribution in [-0.4, -0.2) is 28.3 Å². The molecule has 2 aromatic heterocycles. The maximum Gasteiger partial charge on any atom is 0.203 e. The molecule has 0 aliphatic heterocycles. The molecule has 0 amide bonds. The molecule has 5 nitrogen and oxygen atoms in total. The molecule has 0 aromatic carbocycles. The number of anilines is 1. The molecule has 2 atom stereocenters. The number of aryl methyl sites for hydroxylation is 1. The lowest BCUT2D eigenvalue weighted by Crippen LogP contribution is -2.16. The summed E-state index contributed by atoms with van der Waals surface area (Å²) in [5.41, 5.74) is 2.13. The van der Waals surface area contributed by atoms with E-state index in [0.717, 1.165) is 17.2 Å². The molecule has 0 spiro atoms. The Morgan fingerprint density at radius 3 is 2.85 bits per heavy atom.